The third kappa shape index (κ3) is 2.20. The van der Waals surface area contributed by atoms with E-state index in [2.05, 4.69) is 11.6 Å². The van der Waals surface area contributed by atoms with Gasteiger partial charge in [-0.1, -0.05) is 49.6 Å². The van der Waals surface area contributed by atoms with Crippen molar-refractivity contribution in [2.75, 3.05) is 11.4 Å². The highest BCUT2D eigenvalue weighted by Gasteiger charge is 2.64. The number of hydrogen-bond donors (Lipinski definition) is 0. The Morgan fingerprint density at radius 3 is 2.63 bits per heavy atom. The van der Waals surface area contributed by atoms with Crippen LogP contribution in [-0.4, -0.2) is 33.9 Å². The minimum absolute atomic E-state index is 0.0944. The van der Waals surface area contributed by atoms with Crippen molar-refractivity contribution in [1.82, 2.24) is 9.88 Å². The molecule has 0 radical (unpaired) electrons. The molecule has 2 saturated carbocycles. The predicted molar refractivity (Wildman–Crippen MR) is 104 cm³/mol. The fourth-order valence-electron chi connectivity index (χ4n) is 5.03. The van der Waals surface area contributed by atoms with Crippen molar-refractivity contribution in [1.29, 1.82) is 0 Å². The van der Waals surface area contributed by atoms with Crippen molar-refractivity contribution in [3.05, 3.63) is 49.3 Å². The second-order valence-electron chi connectivity index (χ2n) is 8.09. The Labute approximate surface area is 158 Å². The van der Waals surface area contributed by atoms with Crippen LogP contribution in [0.3, 0.4) is 0 Å². The molecular weight excluding hydrogens is 338 g/mol. The van der Waals surface area contributed by atoms with Crippen molar-refractivity contribution < 1.29 is 9.59 Å². The number of urea groups is 1. The molecule has 138 valence electrons. The van der Waals surface area contributed by atoms with E-state index in [-0.39, 0.29) is 11.9 Å². The number of hydrogen-bond acceptors (Lipinski definition) is 3. The zero-order valence-electron chi connectivity index (χ0n) is 15.3. The van der Waals surface area contributed by atoms with E-state index in [1.807, 2.05) is 24.3 Å². The summed E-state index contributed by atoms with van der Waals surface area (Å²) in [6, 6.07) is 7.49. The van der Waals surface area contributed by atoms with Gasteiger partial charge in [-0.05, 0) is 24.7 Å². The first kappa shape index (κ1) is 16.5. The summed E-state index contributed by atoms with van der Waals surface area (Å²) in [4.78, 5) is 34.2. The third-order valence-electron chi connectivity index (χ3n) is 6.76. The van der Waals surface area contributed by atoms with Crippen LogP contribution in [0.15, 0.2) is 49.3 Å². The highest BCUT2D eigenvalue weighted by atomic mass is 16.2. The van der Waals surface area contributed by atoms with E-state index >= 15 is 0 Å². The van der Waals surface area contributed by atoms with Crippen molar-refractivity contribution in [3.8, 4) is 0 Å². The average Bonchev–Trinajstić information content (AvgIpc) is 2.81. The summed E-state index contributed by atoms with van der Waals surface area (Å²) in [5.74, 6) is 1.20. The lowest BCUT2D eigenvalue weighted by molar-refractivity contribution is -0.134. The Kier molecular flexibility index (Phi) is 3.61. The number of benzene rings is 1. The fourth-order valence-corrected chi connectivity index (χ4v) is 5.03. The Hall–Kier alpha value is -2.69. The van der Waals surface area contributed by atoms with E-state index < -0.39 is 5.54 Å². The maximum Gasteiger partial charge on any atom is 0.332 e. The molecule has 2 aromatic rings. The van der Waals surface area contributed by atoms with Gasteiger partial charge in [0.25, 0.3) is 5.91 Å². The first-order valence-corrected chi connectivity index (χ1v) is 9.75. The van der Waals surface area contributed by atoms with Gasteiger partial charge in [-0.15, -0.1) is 6.58 Å². The van der Waals surface area contributed by atoms with Crippen LogP contribution in [0.4, 0.5) is 10.5 Å². The van der Waals surface area contributed by atoms with Gasteiger partial charge in [-0.3, -0.25) is 9.78 Å². The molecular formula is C22H23N3O2. The lowest BCUT2D eigenvalue weighted by atomic mass is 9.58. The maximum atomic E-state index is 13.5. The molecule has 2 aliphatic carbocycles. The number of rotatable bonds is 4. The number of fused-ring (bicyclic) bond motifs is 1. The highest BCUT2D eigenvalue weighted by molar-refractivity contribution is 6.26. The lowest BCUT2D eigenvalue weighted by Crippen LogP contribution is -2.60. The minimum atomic E-state index is -0.692. The second kappa shape index (κ2) is 5.91. The Morgan fingerprint density at radius 2 is 1.93 bits per heavy atom. The molecule has 2 heterocycles. The lowest BCUT2D eigenvalue weighted by Gasteiger charge is -2.52. The van der Waals surface area contributed by atoms with E-state index in [9.17, 15) is 9.59 Å². The fraction of sp³-hybridized carbons (Fsp3) is 0.409. The third-order valence-corrected chi connectivity index (χ3v) is 6.76. The molecule has 0 bridgehead atoms. The minimum Gasteiger partial charge on any atom is -0.305 e. The van der Waals surface area contributed by atoms with Gasteiger partial charge in [0.2, 0.25) is 0 Å². The topological polar surface area (TPSA) is 53.5 Å². The molecule has 1 spiro atoms. The largest absolute Gasteiger partial charge is 0.332 e. The molecule has 1 aliphatic heterocycles. The molecule has 27 heavy (non-hydrogen) atoms. The molecule has 5 rings (SSSR count). The molecule has 1 saturated heterocycles. The van der Waals surface area contributed by atoms with Crippen LogP contribution in [0.25, 0.3) is 10.8 Å². The summed E-state index contributed by atoms with van der Waals surface area (Å²) in [6.45, 7) is 4.20. The van der Waals surface area contributed by atoms with Crippen LogP contribution in [0.2, 0.25) is 0 Å². The van der Waals surface area contributed by atoms with Gasteiger partial charge < -0.3 is 4.90 Å². The Morgan fingerprint density at radius 1 is 1.15 bits per heavy atom. The van der Waals surface area contributed by atoms with Crippen LogP contribution >= 0.6 is 0 Å². The predicted octanol–water partition coefficient (Wildman–Crippen LogP) is 4.14. The monoisotopic (exact) mass is 361 g/mol. The molecule has 3 fully saturated rings. The van der Waals surface area contributed by atoms with E-state index in [1.54, 1.807) is 23.4 Å². The number of amides is 3. The van der Waals surface area contributed by atoms with Gasteiger partial charge in [0.05, 0.1) is 11.9 Å². The van der Waals surface area contributed by atoms with Gasteiger partial charge in [-0.25, -0.2) is 9.69 Å². The Balaban J connectivity index is 1.55. The van der Waals surface area contributed by atoms with Crippen molar-refractivity contribution in [3.63, 3.8) is 0 Å². The van der Waals surface area contributed by atoms with Gasteiger partial charge in [0.1, 0.15) is 5.54 Å². The summed E-state index contributed by atoms with van der Waals surface area (Å²) in [7, 11) is 0. The molecule has 5 heteroatoms. The van der Waals surface area contributed by atoms with Crippen molar-refractivity contribution in [2.45, 2.75) is 37.6 Å². The second-order valence-corrected chi connectivity index (χ2v) is 8.09. The number of anilines is 1. The van der Waals surface area contributed by atoms with E-state index in [0.717, 1.165) is 29.5 Å². The standard InChI is InChI=1S/C22H23N3O2/c1-2-10-24-21(27)25(19-14-23-13-16-6-3-4-9-18(16)19)20(26)22(24)11-17(12-22)15-7-5-8-15/h2-4,6,9,13-15,17H,1,5,7-8,10-12H2. The summed E-state index contributed by atoms with van der Waals surface area (Å²) >= 11 is 0. The number of aromatic nitrogens is 1. The maximum absolute atomic E-state index is 13.5. The molecule has 1 aromatic heterocycles. The molecule has 3 aliphatic rings. The van der Waals surface area contributed by atoms with Crippen LogP contribution in [0.5, 0.6) is 0 Å². The number of imide groups is 1. The summed E-state index contributed by atoms with van der Waals surface area (Å²) in [5, 5.41) is 1.80. The molecule has 3 amide bonds. The molecule has 0 N–H and O–H groups in total. The van der Waals surface area contributed by atoms with Crippen molar-refractivity contribution >= 4 is 28.4 Å². The van der Waals surface area contributed by atoms with Crippen LogP contribution in [-0.2, 0) is 4.79 Å². The zero-order valence-corrected chi connectivity index (χ0v) is 15.3. The quantitative estimate of drug-likeness (QED) is 0.607. The normalized spacial score (nSPS) is 27.9. The number of carbonyl (C=O) groups excluding carboxylic acids is 2. The Bertz CT molecular complexity index is 938. The van der Waals surface area contributed by atoms with Crippen LogP contribution in [0.1, 0.15) is 32.1 Å². The SMILES string of the molecule is C=CCN1C(=O)N(c2cncc3ccccc23)C(=O)C12CC(C1CCC1)C2. The van der Waals surface area contributed by atoms with Crippen LogP contribution < -0.4 is 4.90 Å². The van der Waals surface area contributed by atoms with E-state index in [4.69, 9.17) is 0 Å². The first-order valence-electron chi connectivity index (χ1n) is 9.75. The molecule has 5 nitrogen and oxygen atoms in total. The number of nitrogens with zero attached hydrogens (tertiary/aromatic N) is 3. The highest BCUT2D eigenvalue weighted by Crippen LogP contribution is 2.55. The number of carbonyl (C=O) groups is 2. The summed E-state index contributed by atoms with van der Waals surface area (Å²) in [5.41, 5.74) is -0.108. The summed E-state index contributed by atoms with van der Waals surface area (Å²) < 4.78 is 0. The van der Waals surface area contributed by atoms with Gasteiger partial charge in [-0.2, -0.15) is 0 Å². The van der Waals surface area contributed by atoms with Gasteiger partial charge in [0, 0.05) is 23.5 Å². The van der Waals surface area contributed by atoms with Crippen LogP contribution in [0, 0.1) is 11.8 Å². The molecule has 1 aromatic carbocycles. The van der Waals surface area contributed by atoms with E-state index in [0.29, 0.717) is 18.2 Å². The summed E-state index contributed by atoms with van der Waals surface area (Å²) in [6.07, 6.45) is 10.5. The average molecular weight is 361 g/mol. The van der Waals surface area contributed by atoms with E-state index in [1.165, 1.54) is 24.2 Å². The molecule has 0 unspecified atom stereocenters. The molecule has 0 atom stereocenters. The van der Waals surface area contributed by atoms with Crippen molar-refractivity contribution in [2.24, 2.45) is 11.8 Å². The number of pyridine rings is 1. The van der Waals surface area contributed by atoms with Gasteiger partial charge in [0.15, 0.2) is 0 Å². The first-order chi connectivity index (χ1) is 13.2. The van der Waals surface area contributed by atoms with Gasteiger partial charge >= 0.3 is 6.03 Å². The zero-order chi connectivity index (χ0) is 18.6. The smallest absolute Gasteiger partial charge is 0.305 e.